The molecule has 0 aromatic heterocycles. The van der Waals surface area contributed by atoms with Crippen LogP contribution in [0, 0.1) is 5.92 Å². The lowest BCUT2D eigenvalue weighted by Gasteiger charge is -2.29. The Morgan fingerprint density at radius 1 is 1.41 bits per heavy atom. The van der Waals surface area contributed by atoms with E-state index in [1.165, 1.54) is 0 Å². The fraction of sp³-hybridized carbons (Fsp3) is 0.462. The number of rotatable bonds is 3. The van der Waals surface area contributed by atoms with Crippen molar-refractivity contribution in [2.75, 3.05) is 19.7 Å². The van der Waals surface area contributed by atoms with Crippen LogP contribution in [-0.2, 0) is 4.84 Å². The molecule has 0 bridgehead atoms. The Morgan fingerprint density at radius 3 is 2.88 bits per heavy atom. The van der Waals surface area contributed by atoms with Crippen molar-refractivity contribution in [1.29, 1.82) is 0 Å². The van der Waals surface area contributed by atoms with E-state index in [0.717, 1.165) is 19.4 Å². The van der Waals surface area contributed by atoms with Crippen molar-refractivity contribution in [3.8, 4) is 0 Å². The molecule has 0 saturated carbocycles. The molecule has 4 heteroatoms. The maximum absolute atomic E-state index is 11.8. The van der Waals surface area contributed by atoms with Crippen molar-refractivity contribution < 1.29 is 14.7 Å². The summed E-state index contributed by atoms with van der Waals surface area (Å²) in [6.07, 6.45) is 1.95. The molecule has 0 spiro atoms. The number of carbonyl (C=O) groups excluding carboxylic acids is 1. The zero-order valence-electron chi connectivity index (χ0n) is 9.71. The van der Waals surface area contributed by atoms with Gasteiger partial charge in [0.15, 0.2) is 0 Å². The molecule has 1 unspecified atom stereocenters. The first-order chi connectivity index (χ1) is 8.29. The van der Waals surface area contributed by atoms with Gasteiger partial charge in [-0.05, 0) is 30.9 Å². The number of carbonyl (C=O) groups is 1. The van der Waals surface area contributed by atoms with E-state index in [0.29, 0.717) is 12.1 Å². The zero-order valence-corrected chi connectivity index (χ0v) is 9.71. The maximum atomic E-state index is 11.8. The first-order valence-electron chi connectivity index (χ1n) is 5.92. The molecule has 0 amide bonds. The summed E-state index contributed by atoms with van der Waals surface area (Å²) in [5.74, 6) is -0.114. The molecule has 2 rings (SSSR count). The van der Waals surface area contributed by atoms with Gasteiger partial charge in [-0.2, -0.15) is 0 Å². The highest BCUT2D eigenvalue weighted by Gasteiger charge is 2.22. The van der Waals surface area contributed by atoms with Crippen molar-refractivity contribution in [3.63, 3.8) is 0 Å². The van der Waals surface area contributed by atoms with Crippen LogP contribution in [0.5, 0.6) is 0 Å². The molecule has 1 atom stereocenters. The monoisotopic (exact) mass is 235 g/mol. The Hall–Kier alpha value is -1.39. The van der Waals surface area contributed by atoms with Gasteiger partial charge in [-0.15, -0.1) is 5.06 Å². The molecule has 17 heavy (non-hydrogen) atoms. The summed E-state index contributed by atoms with van der Waals surface area (Å²) in [5, 5.41) is 10.7. The van der Waals surface area contributed by atoms with Gasteiger partial charge in [0.05, 0.1) is 5.56 Å². The van der Waals surface area contributed by atoms with Crippen molar-refractivity contribution in [1.82, 2.24) is 5.06 Å². The second kappa shape index (κ2) is 5.80. The number of piperidine rings is 1. The standard InChI is InChI=1S/C13H17NO3/c15-10-11-5-4-8-14(9-11)17-13(16)12-6-2-1-3-7-12/h1-3,6-7,11,15H,4-5,8-10H2. The average Bonchev–Trinajstić information content (AvgIpc) is 2.40. The predicted octanol–water partition coefficient (Wildman–Crippen LogP) is 1.46. The van der Waals surface area contributed by atoms with E-state index < -0.39 is 0 Å². The highest BCUT2D eigenvalue weighted by atomic mass is 16.7. The van der Waals surface area contributed by atoms with Crippen LogP contribution in [0.2, 0.25) is 0 Å². The van der Waals surface area contributed by atoms with Gasteiger partial charge >= 0.3 is 5.97 Å². The molecular formula is C13H17NO3. The Bertz CT molecular complexity index is 366. The van der Waals surface area contributed by atoms with Gasteiger partial charge in [-0.1, -0.05) is 18.2 Å². The third kappa shape index (κ3) is 3.28. The molecule has 1 fully saturated rings. The predicted molar refractivity (Wildman–Crippen MR) is 63.2 cm³/mol. The molecule has 1 N–H and O–H groups in total. The lowest BCUT2D eigenvalue weighted by atomic mass is 10.0. The number of aliphatic hydroxyl groups excluding tert-OH is 1. The Morgan fingerprint density at radius 2 is 2.18 bits per heavy atom. The summed E-state index contributed by atoms with van der Waals surface area (Å²) in [6, 6.07) is 8.94. The van der Waals surface area contributed by atoms with Crippen LogP contribution >= 0.6 is 0 Å². The minimum Gasteiger partial charge on any atom is -0.396 e. The van der Waals surface area contributed by atoms with Crippen LogP contribution in [-0.4, -0.2) is 35.8 Å². The van der Waals surface area contributed by atoms with Crippen molar-refractivity contribution in [3.05, 3.63) is 35.9 Å². The highest BCUT2D eigenvalue weighted by molar-refractivity contribution is 5.89. The van der Waals surface area contributed by atoms with Gasteiger partial charge in [0.25, 0.3) is 0 Å². The van der Waals surface area contributed by atoms with Crippen LogP contribution < -0.4 is 0 Å². The number of hydrogen-bond acceptors (Lipinski definition) is 4. The summed E-state index contributed by atoms with van der Waals surface area (Å²) in [5.41, 5.74) is 0.554. The maximum Gasteiger partial charge on any atom is 0.357 e. The van der Waals surface area contributed by atoms with Crippen molar-refractivity contribution in [2.45, 2.75) is 12.8 Å². The van der Waals surface area contributed by atoms with Crippen LogP contribution in [0.3, 0.4) is 0 Å². The van der Waals surface area contributed by atoms with Crippen LogP contribution in [0.4, 0.5) is 0 Å². The normalized spacial score (nSPS) is 21.1. The summed E-state index contributed by atoms with van der Waals surface area (Å²) >= 11 is 0. The molecule has 1 aromatic carbocycles. The number of hydroxylamine groups is 2. The van der Waals surface area contributed by atoms with Gasteiger partial charge in [0.1, 0.15) is 0 Å². The van der Waals surface area contributed by atoms with E-state index in [9.17, 15) is 4.79 Å². The molecule has 1 saturated heterocycles. The molecule has 0 radical (unpaired) electrons. The molecule has 1 heterocycles. The second-order valence-corrected chi connectivity index (χ2v) is 4.32. The average molecular weight is 235 g/mol. The Kier molecular flexibility index (Phi) is 4.12. The number of nitrogens with zero attached hydrogens (tertiary/aromatic N) is 1. The third-order valence-electron chi connectivity index (χ3n) is 2.96. The molecule has 1 aromatic rings. The van der Waals surface area contributed by atoms with E-state index in [4.69, 9.17) is 9.94 Å². The minimum atomic E-state index is -0.329. The van der Waals surface area contributed by atoms with Crippen LogP contribution in [0.15, 0.2) is 30.3 Å². The first-order valence-corrected chi connectivity index (χ1v) is 5.92. The summed E-state index contributed by atoms with van der Waals surface area (Å²) in [4.78, 5) is 17.1. The van der Waals surface area contributed by atoms with Crippen molar-refractivity contribution >= 4 is 5.97 Å². The Labute approximate surface area is 101 Å². The Balaban J connectivity index is 1.90. The number of benzene rings is 1. The van der Waals surface area contributed by atoms with Crippen LogP contribution in [0.1, 0.15) is 23.2 Å². The molecular weight excluding hydrogens is 218 g/mol. The lowest BCUT2D eigenvalue weighted by Crippen LogP contribution is -2.38. The first kappa shape index (κ1) is 12.1. The largest absolute Gasteiger partial charge is 0.396 e. The minimum absolute atomic E-state index is 0.152. The van der Waals surface area contributed by atoms with Gasteiger partial charge in [-0.25, -0.2) is 4.79 Å². The zero-order chi connectivity index (χ0) is 12.1. The summed E-state index contributed by atoms with van der Waals surface area (Å²) in [6.45, 7) is 1.52. The molecule has 1 aliphatic heterocycles. The molecule has 4 nitrogen and oxygen atoms in total. The SMILES string of the molecule is O=C(ON1CCCC(CO)C1)c1ccccc1. The topological polar surface area (TPSA) is 49.8 Å². The van der Waals surface area contributed by atoms with E-state index in [-0.39, 0.29) is 18.5 Å². The van der Waals surface area contributed by atoms with Gasteiger partial charge < -0.3 is 9.94 Å². The number of aliphatic hydroxyl groups is 1. The van der Waals surface area contributed by atoms with E-state index in [2.05, 4.69) is 0 Å². The second-order valence-electron chi connectivity index (χ2n) is 4.32. The molecule has 1 aliphatic rings. The summed E-state index contributed by atoms with van der Waals surface area (Å²) < 4.78 is 0. The fourth-order valence-corrected chi connectivity index (χ4v) is 2.00. The smallest absolute Gasteiger partial charge is 0.357 e. The van der Waals surface area contributed by atoms with E-state index >= 15 is 0 Å². The van der Waals surface area contributed by atoms with Gasteiger partial charge in [0.2, 0.25) is 0 Å². The van der Waals surface area contributed by atoms with Crippen molar-refractivity contribution in [2.24, 2.45) is 5.92 Å². The fourth-order valence-electron chi connectivity index (χ4n) is 2.00. The number of hydrogen-bond donors (Lipinski definition) is 1. The lowest BCUT2D eigenvalue weighted by molar-refractivity contribution is -0.134. The quantitative estimate of drug-likeness (QED) is 0.861. The highest BCUT2D eigenvalue weighted by Crippen LogP contribution is 2.16. The van der Waals surface area contributed by atoms with Gasteiger partial charge in [0, 0.05) is 19.7 Å². The van der Waals surface area contributed by atoms with Gasteiger partial charge in [-0.3, -0.25) is 0 Å². The van der Waals surface area contributed by atoms with E-state index in [1.807, 2.05) is 18.2 Å². The molecule has 92 valence electrons. The third-order valence-corrected chi connectivity index (χ3v) is 2.96. The summed E-state index contributed by atoms with van der Waals surface area (Å²) in [7, 11) is 0. The molecule has 0 aliphatic carbocycles. The van der Waals surface area contributed by atoms with E-state index in [1.54, 1.807) is 17.2 Å². The van der Waals surface area contributed by atoms with Crippen LogP contribution in [0.25, 0.3) is 0 Å².